The van der Waals surface area contributed by atoms with Crippen LogP contribution in [0.1, 0.15) is 0 Å². The van der Waals surface area contributed by atoms with Crippen molar-refractivity contribution in [3.63, 3.8) is 0 Å². The highest BCUT2D eigenvalue weighted by molar-refractivity contribution is 7.93. The molecule has 0 atom stereocenters. The van der Waals surface area contributed by atoms with E-state index < -0.39 is 21.5 Å². The van der Waals surface area contributed by atoms with Gasteiger partial charge in [0.05, 0.1) is 7.11 Å². The number of methoxy groups -OCH3 is 1. The first-order valence-corrected chi connectivity index (χ1v) is 5.69. The number of aromatic nitrogens is 2. The number of ether oxygens (including phenoxy) is 1. The zero-order valence-electron chi connectivity index (χ0n) is 8.12. The molecule has 11 heteroatoms. The summed E-state index contributed by atoms with van der Waals surface area (Å²) in [5, 5.41) is -0.267. The Morgan fingerprint density at radius 3 is 2.47 bits per heavy atom. The normalized spacial score (nSPS) is 12.3. The standard InChI is InChI=1S/C6H5ClF3N3O3S/c1-16-4-2-3(7)11-5(12-4)13-17(14,15)6(8,9)10/h2H,1H3,(H,11,12,13). The number of anilines is 1. The van der Waals surface area contributed by atoms with Crippen LogP contribution in [0.2, 0.25) is 5.15 Å². The van der Waals surface area contributed by atoms with Gasteiger partial charge in [0.2, 0.25) is 11.8 Å². The van der Waals surface area contributed by atoms with Crippen LogP contribution in [-0.4, -0.2) is 31.0 Å². The molecule has 0 bridgehead atoms. The number of nitrogens with zero attached hydrogens (tertiary/aromatic N) is 2. The van der Waals surface area contributed by atoms with Crippen molar-refractivity contribution in [2.75, 3.05) is 11.8 Å². The number of alkyl halides is 3. The van der Waals surface area contributed by atoms with Crippen molar-refractivity contribution < 1.29 is 26.3 Å². The second-order valence-corrected chi connectivity index (χ2v) is 4.67. The van der Waals surface area contributed by atoms with Gasteiger partial charge in [-0.15, -0.1) is 0 Å². The van der Waals surface area contributed by atoms with E-state index in [0.717, 1.165) is 10.8 Å². The van der Waals surface area contributed by atoms with Crippen molar-refractivity contribution in [2.45, 2.75) is 5.51 Å². The summed E-state index contributed by atoms with van der Waals surface area (Å²) in [6, 6.07) is 1.10. The van der Waals surface area contributed by atoms with Crippen LogP contribution in [-0.2, 0) is 10.0 Å². The summed E-state index contributed by atoms with van der Waals surface area (Å²) in [4.78, 5) is 6.61. The second-order valence-electron chi connectivity index (χ2n) is 2.61. The van der Waals surface area contributed by atoms with Crippen LogP contribution in [0.15, 0.2) is 6.07 Å². The molecule has 0 saturated carbocycles. The molecule has 0 fully saturated rings. The minimum absolute atomic E-state index is 0.176. The zero-order chi connectivity index (χ0) is 13.3. The molecule has 1 aromatic heterocycles. The van der Waals surface area contributed by atoms with Crippen LogP contribution in [0.4, 0.5) is 19.1 Å². The summed E-state index contributed by atoms with van der Waals surface area (Å²) < 4.78 is 63.3. The molecule has 17 heavy (non-hydrogen) atoms. The van der Waals surface area contributed by atoms with Crippen molar-refractivity contribution >= 4 is 27.6 Å². The van der Waals surface area contributed by atoms with Crippen molar-refractivity contribution in [2.24, 2.45) is 0 Å². The third kappa shape index (κ3) is 3.33. The van der Waals surface area contributed by atoms with Crippen LogP contribution in [0.25, 0.3) is 0 Å². The molecule has 0 spiro atoms. The Balaban J connectivity index is 3.08. The molecule has 1 rings (SSSR count). The predicted octanol–water partition coefficient (Wildman–Crippen LogP) is 1.40. The third-order valence-electron chi connectivity index (χ3n) is 1.41. The number of sulfonamides is 1. The maximum atomic E-state index is 12.0. The van der Waals surface area contributed by atoms with Crippen molar-refractivity contribution in [3.8, 4) is 5.88 Å². The Morgan fingerprint density at radius 2 is 2.00 bits per heavy atom. The van der Waals surface area contributed by atoms with Crippen LogP contribution in [0.5, 0.6) is 5.88 Å². The molecule has 0 unspecified atom stereocenters. The molecular weight excluding hydrogens is 287 g/mol. The summed E-state index contributed by atoms with van der Waals surface area (Å²) in [6.07, 6.45) is 0. The van der Waals surface area contributed by atoms with E-state index in [1.54, 1.807) is 0 Å². The Labute approximate surface area is 98.8 Å². The largest absolute Gasteiger partial charge is 0.516 e. The molecule has 0 aliphatic rings. The van der Waals surface area contributed by atoms with Gasteiger partial charge in [0.25, 0.3) is 0 Å². The van der Waals surface area contributed by atoms with Gasteiger partial charge in [-0.25, -0.2) is 9.71 Å². The summed E-state index contributed by atoms with van der Waals surface area (Å²) in [5.74, 6) is -1.00. The van der Waals surface area contributed by atoms with E-state index in [1.165, 1.54) is 7.11 Å². The molecule has 1 heterocycles. The van der Waals surface area contributed by atoms with E-state index in [1.807, 2.05) is 0 Å². The molecule has 0 aliphatic heterocycles. The minimum atomic E-state index is -5.58. The smallest absolute Gasteiger partial charge is 0.481 e. The fourth-order valence-electron chi connectivity index (χ4n) is 0.725. The summed E-state index contributed by atoms with van der Waals surface area (Å²) in [7, 11) is -4.40. The van der Waals surface area contributed by atoms with Gasteiger partial charge in [0.1, 0.15) is 5.15 Å². The van der Waals surface area contributed by atoms with Gasteiger partial charge in [0.15, 0.2) is 0 Å². The first-order chi connectivity index (χ1) is 7.65. The number of hydrogen-bond acceptors (Lipinski definition) is 5. The average Bonchev–Trinajstić information content (AvgIpc) is 2.14. The lowest BCUT2D eigenvalue weighted by Gasteiger charge is -2.09. The Morgan fingerprint density at radius 1 is 1.41 bits per heavy atom. The predicted molar refractivity (Wildman–Crippen MR) is 52.2 cm³/mol. The van der Waals surface area contributed by atoms with Gasteiger partial charge < -0.3 is 4.74 Å². The van der Waals surface area contributed by atoms with Crippen LogP contribution in [0.3, 0.4) is 0 Å². The highest BCUT2D eigenvalue weighted by atomic mass is 35.5. The molecule has 6 nitrogen and oxygen atoms in total. The van der Waals surface area contributed by atoms with Crippen LogP contribution < -0.4 is 9.46 Å². The van der Waals surface area contributed by atoms with E-state index in [9.17, 15) is 21.6 Å². The van der Waals surface area contributed by atoms with Crippen molar-refractivity contribution in [1.29, 1.82) is 0 Å². The molecule has 96 valence electrons. The number of rotatable bonds is 3. The molecule has 1 aromatic rings. The van der Waals surface area contributed by atoms with Gasteiger partial charge in [-0.3, -0.25) is 0 Å². The van der Waals surface area contributed by atoms with E-state index in [0.29, 0.717) is 0 Å². The molecule has 0 amide bonds. The number of halogens is 4. The Kier molecular flexibility index (Phi) is 3.67. The lowest BCUT2D eigenvalue weighted by atomic mass is 10.6. The van der Waals surface area contributed by atoms with Gasteiger partial charge in [-0.1, -0.05) is 11.6 Å². The molecule has 0 radical (unpaired) electrons. The molecular formula is C6H5ClF3N3O3S. The lowest BCUT2D eigenvalue weighted by molar-refractivity contribution is -0.0429. The Bertz CT molecular complexity index is 519. The highest BCUT2D eigenvalue weighted by Crippen LogP contribution is 2.25. The maximum Gasteiger partial charge on any atom is 0.516 e. The quantitative estimate of drug-likeness (QED) is 0.851. The van der Waals surface area contributed by atoms with Gasteiger partial charge in [0, 0.05) is 6.07 Å². The fraction of sp³-hybridized carbons (Fsp3) is 0.333. The van der Waals surface area contributed by atoms with Crippen LogP contribution in [0, 0.1) is 0 Å². The summed E-state index contributed by atoms with van der Waals surface area (Å²) in [5.41, 5.74) is -5.47. The summed E-state index contributed by atoms with van der Waals surface area (Å²) in [6.45, 7) is 0. The third-order valence-corrected chi connectivity index (χ3v) is 2.67. The first kappa shape index (κ1) is 13.8. The van der Waals surface area contributed by atoms with Crippen molar-refractivity contribution in [1.82, 2.24) is 9.97 Å². The SMILES string of the molecule is COc1cc(Cl)nc(NS(=O)(=O)C(F)(F)F)n1. The monoisotopic (exact) mass is 291 g/mol. The fourth-order valence-corrected chi connectivity index (χ4v) is 1.35. The van der Waals surface area contributed by atoms with E-state index in [-0.39, 0.29) is 11.0 Å². The van der Waals surface area contributed by atoms with E-state index in [2.05, 4.69) is 14.7 Å². The van der Waals surface area contributed by atoms with E-state index >= 15 is 0 Å². The number of nitrogens with one attached hydrogen (secondary N) is 1. The van der Waals surface area contributed by atoms with Gasteiger partial charge >= 0.3 is 15.5 Å². The van der Waals surface area contributed by atoms with Crippen LogP contribution >= 0.6 is 11.6 Å². The highest BCUT2D eigenvalue weighted by Gasteiger charge is 2.46. The molecule has 0 aliphatic carbocycles. The van der Waals surface area contributed by atoms with Gasteiger partial charge in [-0.2, -0.15) is 26.6 Å². The summed E-state index contributed by atoms with van der Waals surface area (Å²) >= 11 is 5.42. The lowest BCUT2D eigenvalue weighted by Crippen LogP contribution is -2.30. The number of hydrogen-bond donors (Lipinski definition) is 1. The molecule has 1 N–H and O–H groups in total. The maximum absolute atomic E-state index is 12.0. The topological polar surface area (TPSA) is 81.2 Å². The minimum Gasteiger partial charge on any atom is -0.481 e. The van der Waals surface area contributed by atoms with Crippen molar-refractivity contribution in [3.05, 3.63) is 11.2 Å². The van der Waals surface area contributed by atoms with Gasteiger partial charge in [-0.05, 0) is 0 Å². The average molecular weight is 292 g/mol. The van der Waals surface area contributed by atoms with E-state index in [4.69, 9.17) is 11.6 Å². The molecule has 0 saturated heterocycles. The zero-order valence-corrected chi connectivity index (χ0v) is 9.69. The second kappa shape index (κ2) is 4.53. The first-order valence-electron chi connectivity index (χ1n) is 3.83. The Hall–Kier alpha value is -1.29. The molecule has 0 aromatic carbocycles.